The molecule has 0 aliphatic carbocycles. The van der Waals surface area contributed by atoms with E-state index in [1.165, 1.54) is 12.1 Å². The molecule has 0 saturated carbocycles. The summed E-state index contributed by atoms with van der Waals surface area (Å²) in [6, 6.07) is 16.3. The molecule has 0 atom stereocenters. The van der Waals surface area contributed by atoms with Crippen molar-refractivity contribution in [3.63, 3.8) is 0 Å². The molecule has 0 spiro atoms. The molecule has 0 aliphatic heterocycles. The highest BCUT2D eigenvalue weighted by Gasteiger charge is 2.18. The molecule has 26 heavy (non-hydrogen) atoms. The SMILES string of the molecule is COCc1nn2c(-c3ccc(Br)cc3)ccnc2c1-c1ccc(F)cc1. The van der Waals surface area contributed by atoms with Gasteiger partial charge in [0.25, 0.3) is 0 Å². The molecule has 0 N–H and O–H groups in total. The summed E-state index contributed by atoms with van der Waals surface area (Å²) in [5, 5.41) is 4.72. The van der Waals surface area contributed by atoms with Gasteiger partial charge in [-0.2, -0.15) is 5.10 Å². The highest BCUT2D eigenvalue weighted by atomic mass is 79.9. The first-order valence-corrected chi connectivity index (χ1v) is 8.84. The third-order valence-electron chi connectivity index (χ3n) is 4.14. The van der Waals surface area contributed by atoms with Crippen LogP contribution >= 0.6 is 15.9 Å². The number of benzene rings is 2. The standard InChI is InChI=1S/C20H15BrFN3O/c1-26-12-17-19(14-4-8-16(22)9-5-14)20-23-11-10-18(25(20)24-17)13-2-6-15(21)7-3-13/h2-11H,12H2,1H3. The molecule has 2 aromatic carbocycles. The zero-order valence-corrected chi connectivity index (χ0v) is 15.6. The maximum absolute atomic E-state index is 13.3. The zero-order chi connectivity index (χ0) is 18.1. The van der Waals surface area contributed by atoms with Crippen LogP contribution in [-0.4, -0.2) is 21.7 Å². The van der Waals surface area contributed by atoms with Crippen LogP contribution in [-0.2, 0) is 11.3 Å². The fraction of sp³-hybridized carbons (Fsp3) is 0.100. The van der Waals surface area contributed by atoms with E-state index < -0.39 is 0 Å². The van der Waals surface area contributed by atoms with Crippen LogP contribution in [0.3, 0.4) is 0 Å². The van der Waals surface area contributed by atoms with Crippen molar-refractivity contribution in [3.8, 4) is 22.4 Å². The summed E-state index contributed by atoms with van der Waals surface area (Å²) in [5.41, 5.74) is 5.13. The Kier molecular flexibility index (Phi) is 4.53. The molecule has 2 aromatic heterocycles. The lowest BCUT2D eigenvalue weighted by molar-refractivity contribution is 0.181. The van der Waals surface area contributed by atoms with E-state index in [0.29, 0.717) is 12.3 Å². The van der Waals surface area contributed by atoms with Gasteiger partial charge in [0.05, 0.1) is 23.6 Å². The normalized spacial score (nSPS) is 11.2. The second-order valence-electron chi connectivity index (χ2n) is 5.83. The van der Waals surface area contributed by atoms with Gasteiger partial charge in [-0.1, -0.05) is 40.2 Å². The van der Waals surface area contributed by atoms with Gasteiger partial charge >= 0.3 is 0 Å². The highest BCUT2D eigenvalue weighted by Crippen LogP contribution is 2.31. The Bertz CT molecular complexity index is 1060. The lowest BCUT2D eigenvalue weighted by Gasteiger charge is -2.05. The van der Waals surface area contributed by atoms with Crippen LogP contribution in [0.1, 0.15) is 5.69 Å². The number of halogens is 2. The first kappa shape index (κ1) is 16.9. The topological polar surface area (TPSA) is 39.4 Å². The van der Waals surface area contributed by atoms with Gasteiger partial charge in [-0.15, -0.1) is 0 Å². The molecule has 0 saturated heterocycles. The van der Waals surface area contributed by atoms with Crippen molar-refractivity contribution in [2.24, 2.45) is 0 Å². The van der Waals surface area contributed by atoms with Gasteiger partial charge < -0.3 is 4.74 Å². The number of ether oxygens (including phenoxy) is 1. The Morgan fingerprint density at radius 2 is 1.69 bits per heavy atom. The summed E-state index contributed by atoms with van der Waals surface area (Å²) in [4.78, 5) is 4.53. The number of hydrogen-bond acceptors (Lipinski definition) is 3. The molecular weight excluding hydrogens is 397 g/mol. The van der Waals surface area contributed by atoms with E-state index in [9.17, 15) is 4.39 Å². The summed E-state index contributed by atoms with van der Waals surface area (Å²) in [5.74, 6) is -0.276. The van der Waals surface area contributed by atoms with Crippen LogP contribution in [0.2, 0.25) is 0 Å². The average molecular weight is 412 g/mol. The number of fused-ring (bicyclic) bond motifs is 1. The van der Waals surface area contributed by atoms with Crippen molar-refractivity contribution in [2.45, 2.75) is 6.61 Å². The molecule has 6 heteroatoms. The largest absolute Gasteiger partial charge is 0.378 e. The Balaban J connectivity index is 1.96. The summed E-state index contributed by atoms with van der Waals surface area (Å²) in [6.07, 6.45) is 1.76. The summed E-state index contributed by atoms with van der Waals surface area (Å²) in [6.45, 7) is 0.343. The van der Waals surface area contributed by atoms with E-state index in [-0.39, 0.29) is 5.82 Å². The van der Waals surface area contributed by atoms with Gasteiger partial charge in [-0.05, 0) is 35.9 Å². The summed E-state index contributed by atoms with van der Waals surface area (Å²) < 4.78 is 21.5. The molecule has 4 rings (SSSR count). The quantitative estimate of drug-likeness (QED) is 0.468. The molecule has 130 valence electrons. The fourth-order valence-corrected chi connectivity index (χ4v) is 3.24. The minimum absolute atomic E-state index is 0.276. The van der Waals surface area contributed by atoms with E-state index in [2.05, 4.69) is 20.9 Å². The molecule has 0 unspecified atom stereocenters. The number of rotatable bonds is 4. The second kappa shape index (κ2) is 6.97. The first-order chi connectivity index (χ1) is 12.7. The van der Waals surface area contributed by atoms with Crippen molar-refractivity contribution < 1.29 is 9.13 Å². The Hall–Kier alpha value is -2.57. The maximum Gasteiger partial charge on any atom is 0.163 e. The van der Waals surface area contributed by atoms with E-state index in [0.717, 1.165) is 32.6 Å². The minimum Gasteiger partial charge on any atom is -0.378 e. The lowest BCUT2D eigenvalue weighted by Crippen LogP contribution is -1.96. The summed E-state index contributed by atoms with van der Waals surface area (Å²) in [7, 11) is 1.63. The van der Waals surface area contributed by atoms with Gasteiger partial charge in [-0.3, -0.25) is 0 Å². The van der Waals surface area contributed by atoms with Crippen LogP contribution in [0.15, 0.2) is 65.3 Å². The maximum atomic E-state index is 13.3. The van der Waals surface area contributed by atoms with Gasteiger partial charge in [0, 0.05) is 23.3 Å². The third kappa shape index (κ3) is 3.02. The number of nitrogens with zero attached hydrogens (tertiary/aromatic N) is 3. The summed E-state index contributed by atoms with van der Waals surface area (Å²) >= 11 is 3.46. The highest BCUT2D eigenvalue weighted by molar-refractivity contribution is 9.10. The van der Waals surface area contributed by atoms with Crippen molar-refractivity contribution in [1.29, 1.82) is 0 Å². The Morgan fingerprint density at radius 3 is 2.38 bits per heavy atom. The Labute approximate surface area is 158 Å². The van der Waals surface area contributed by atoms with Crippen LogP contribution in [0.5, 0.6) is 0 Å². The molecule has 0 fully saturated rings. The lowest BCUT2D eigenvalue weighted by atomic mass is 10.1. The van der Waals surface area contributed by atoms with Crippen molar-refractivity contribution in [2.75, 3.05) is 7.11 Å². The van der Waals surface area contributed by atoms with Gasteiger partial charge in [0.15, 0.2) is 5.65 Å². The second-order valence-corrected chi connectivity index (χ2v) is 6.75. The number of hydrogen-bond donors (Lipinski definition) is 0. The molecule has 4 nitrogen and oxygen atoms in total. The van der Waals surface area contributed by atoms with Crippen LogP contribution in [0.4, 0.5) is 4.39 Å². The van der Waals surface area contributed by atoms with E-state index in [1.54, 1.807) is 25.4 Å². The van der Waals surface area contributed by atoms with Crippen LogP contribution in [0, 0.1) is 5.82 Å². The van der Waals surface area contributed by atoms with Crippen molar-refractivity contribution in [1.82, 2.24) is 14.6 Å². The molecule has 0 aliphatic rings. The number of aromatic nitrogens is 3. The number of methoxy groups -OCH3 is 1. The van der Waals surface area contributed by atoms with Crippen LogP contribution in [0.25, 0.3) is 28.0 Å². The van der Waals surface area contributed by atoms with Crippen LogP contribution < -0.4 is 0 Å². The predicted molar refractivity (Wildman–Crippen MR) is 102 cm³/mol. The van der Waals surface area contributed by atoms with E-state index >= 15 is 0 Å². The minimum atomic E-state index is -0.276. The average Bonchev–Trinajstić information content (AvgIpc) is 3.02. The van der Waals surface area contributed by atoms with Gasteiger partial charge in [0.1, 0.15) is 5.82 Å². The van der Waals surface area contributed by atoms with Gasteiger partial charge in [0.2, 0.25) is 0 Å². The van der Waals surface area contributed by atoms with Crippen molar-refractivity contribution >= 4 is 21.6 Å². The third-order valence-corrected chi connectivity index (χ3v) is 4.67. The zero-order valence-electron chi connectivity index (χ0n) is 14.0. The molecular formula is C20H15BrFN3O. The molecule has 0 amide bonds. The fourth-order valence-electron chi connectivity index (χ4n) is 2.98. The van der Waals surface area contributed by atoms with Crippen molar-refractivity contribution in [3.05, 3.63) is 76.8 Å². The van der Waals surface area contributed by atoms with E-state index in [1.807, 2.05) is 34.8 Å². The van der Waals surface area contributed by atoms with Gasteiger partial charge in [-0.25, -0.2) is 13.9 Å². The predicted octanol–water partition coefficient (Wildman–Crippen LogP) is 5.11. The smallest absolute Gasteiger partial charge is 0.163 e. The first-order valence-electron chi connectivity index (χ1n) is 8.05. The Morgan fingerprint density at radius 1 is 1.00 bits per heavy atom. The molecule has 4 aromatic rings. The van der Waals surface area contributed by atoms with E-state index in [4.69, 9.17) is 9.84 Å². The molecule has 2 heterocycles. The molecule has 0 radical (unpaired) electrons. The monoisotopic (exact) mass is 411 g/mol. The molecule has 0 bridgehead atoms.